The van der Waals surface area contributed by atoms with Crippen molar-refractivity contribution >= 4 is 40.6 Å². The number of nitrogens with zero attached hydrogens (tertiary/aromatic N) is 3. The average Bonchev–Trinajstić information content (AvgIpc) is 2.85. The monoisotopic (exact) mass is 369 g/mol. The Bertz CT molecular complexity index is 1010. The quantitative estimate of drug-likeness (QED) is 0.693. The first-order chi connectivity index (χ1) is 12.4. The van der Waals surface area contributed by atoms with Gasteiger partial charge in [-0.3, -0.25) is 4.68 Å². The van der Waals surface area contributed by atoms with E-state index in [4.69, 9.17) is 11.6 Å². The SMILES string of the molecule is Cc1nn(CC(C)C)c(Cl)c1C=Cc1cc(C(=O)O)c2ccccc2n1. The third kappa shape index (κ3) is 3.63. The summed E-state index contributed by atoms with van der Waals surface area (Å²) < 4.78 is 1.79. The van der Waals surface area contributed by atoms with Gasteiger partial charge in [0.05, 0.1) is 22.5 Å². The highest BCUT2D eigenvalue weighted by molar-refractivity contribution is 6.31. The van der Waals surface area contributed by atoms with Crippen molar-refractivity contribution in [3.8, 4) is 0 Å². The number of pyridine rings is 1. The van der Waals surface area contributed by atoms with Gasteiger partial charge in [0, 0.05) is 17.5 Å². The zero-order valence-corrected chi connectivity index (χ0v) is 15.7. The first-order valence-electron chi connectivity index (χ1n) is 8.41. The van der Waals surface area contributed by atoms with Gasteiger partial charge >= 0.3 is 5.97 Å². The van der Waals surface area contributed by atoms with E-state index in [2.05, 4.69) is 23.9 Å². The van der Waals surface area contributed by atoms with Crippen LogP contribution in [0.5, 0.6) is 0 Å². The van der Waals surface area contributed by atoms with Crippen LogP contribution < -0.4 is 0 Å². The first-order valence-corrected chi connectivity index (χ1v) is 8.78. The van der Waals surface area contributed by atoms with Crippen molar-refractivity contribution in [3.05, 3.63) is 58.0 Å². The lowest BCUT2D eigenvalue weighted by Gasteiger charge is -2.05. The molecule has 5 nitrogen and oxygen atoms in total. The Morgan fingerprint density at radius 3 is 2.73 bits per heavy atom. The van der Waals surface area contributed by atoms with E-state index in [9.17, 15) is 9.90 Å². The number of hydrogen-bond donors (Lipinski definition) is 1. The molecule has 26 heavy (non-hydrogen) atoms. The van der Waals surface area contributed by atoms with E-state index in [1.54, 1.807) is 35.0 Å². The van der Waals surface area contributed by atoms with Gasteiger partial charge < -0.3 is 5.11 Å². The van der Waals surface area contributed by atoms with Crippen LogP contribution in [0.2, 0.25) is 5.15 Å². The molecule has 0 spiro atoms. The molecule has 134 valence electrons. The number of carboxylic acids is 1. The number of fused-ring (bicyclic) bond motifs is 1. The maximum absolute atomic E-state index is 11.6. The summed E-state index contributed by atoms with van der Waals surface area (Å²) in [6.07, 6.45) is 3.61. The Morgan fingerprint density at radius 1 is 1.31 bits per heavy atom. The number of aromatic nitrogens is 3. The molecule has 0 radical (unpaired) electrons. The van der Waals surface area contributed by atoms with Crippen molar-refractivity contribution < 1.29 is 9.90 Å². The second-order valence-electron chi connectivity index (χ2n) is 6.62. The molecule has 0 amide bonds. The van der Waals surface area contributed by atoms with Crippen molar-refractivity contribution in [1.29, 1.82) is 0 Å². The molecule has 3 aromatic rings. The lowest BCUT2D eigenvalue weighted by atomic mass is 10.1. The Morgan fingerprint density at radius 2 is 2.04 bits per heavy atom. The highest BCUT2D eigenvalue weighted by Gasteiger charge is 2.13. The van der Waals surface area contributed by atoms with Gasteiger partial charge in [-0.05, 0) is 37.1 Å². The molecular weight excluding hydrogens is 350 g/mol. The number of aromatic carboxylic acids is 1. The number of rotatable bonds is 5. The summed E-state index contributed by atoms with van der Waals surface area (Å²) in [5.41, 5.74) is 3.08. The highest BCUT2D eigenvalue weighted by Crippen LogP contribution is 2.24. The van der Waals surface area contributed by atoms with E-state index in [-0.39, 0.29) is 5.56 Å². The van der Waals surface area contributed by atoms with Crippen molar-refractivity contribution in [2.24, 2.45) is 5.92 Å². The summed E-state index contributed by atoms with van der Waals surface area (Å²) in [4.78, 5) is 16.1. The van der Waals surface area contributed by atoms with E-state index in [1.807, 2.05) is 19.1 Å². The summed E-state index contributed by atoms with van der Waals surface area (Å²) in [7, 11) is 0. The zero-order chi connectivity index (χ0) is 18.8. The van der Waals surface area contributed by atoms with E-state index < -0.39 is 5.97 Å². The summed E-state index contributed by atoms with van der Waals surface area (Å²) in [5.74, 6) is -0.541. The predicted molar refractivity (Wildman–Crippen MR) is 104 cm³/mol. The average molecular weight is 370 g/mol. The normalized spacial score (nSPS) is 11.7. The van der Waals surface area contributed by atoms with Gasteiger partial charge in [-0.2, -0.15) is 5.10 Å². The van der Waals surface area contributed by atoms with Crippen LogP contribution in [0.25, 0.3) is 23.1 Å². The molecule has 3 rings (SSSR count). The fourth-order valence-corrected chi connectivity index (χ4v) is 3.16. The van der Waals surface area contributed by atoms with E-state index >= 15 is 0 Å². The van der Waals surface area contributed by atoms with Crippen molar-refractivity contribution in [2.45, 2.75) is 27.3 Å². The number of carboxylic acid groups (broad SMARTS) is 1. The third-order valence-electron chi connectivity index (χ3n) is 4.03. The molecule has 0 saturated carbocycles. The van der Waals surface area contributed by atoms with Crippen molar-refractivity contribution in [3.63, 3.8) is 0 Å². The molecule has 6 heteroatoms. The maximum Gasteiger partial charge on any atom is 0.336 e. The summed E-state index contributed by atoms with van der Waals surface area (Å²) in [6.45, 7) is 6.86. The minimum atomic E-state index is -0.975. The smallest absolute Gasteiger partial charge is 0.336 e. The minimum absolute atomic E-state index is 0.230. The molecule has 0 atom stereocenters. The zero-order valence-electron chi connectivity index (χ0n) is 14.9. The van der Waals surface area contributed by atoms with Gasteiger partial charge in [0.25, 0.3) is 0 Å². The molecule has 0 aliphatic rings. The molecule has 0 aliphatic heterocycles. The molecule has 1 aromatic carbocycles. The first kappa shape index (κ1) is 18.1. The van der Waals surface area contributed by atoms with Crippen LogP contribution >= 0.6 is 11.6 Å². The summed E-state index contributed by atoms with van der Waals surface area (Å²) in [6, 6.07) is 8.78. The second-order valence-corrected chi connectivity index (χ2v) is 6.97. The summed E-state index contributed by atoms with van der Waals surface area (Å²) in [5, 5.41) is 15.2. The largest absolute Gasteiger partial charge is 0.478 e. The van der Waals surface area contributed by atoms with Crippen molar-refractivity contribution in [2.75, 3.05) is 0 Å². The van der Waals surface area contributed by atoms with Crippen LogP contribution in [0.3, 0.4) is 0 Å². The van der Waals surface area contributed by atoms with Gasteiger partial charge in [0.15, 0.2) is 0 Å². The highest BCUT2D eigenvalue weighted by atomic mass is 35.5. The van der Waals surface area contributed by atoms with Crippen LogP contribution in [0, 0.1) is 12.8 Å². The third-order valence-corrected chi connectivity index (χ3v) is 4.43. The van der Waals surface area contributed by atoms with Crippen LogP contribution in [-0.2, 0) is 6.54 Å². The lowest BCUT2D eigenvalue weighted by molar-refractivity contribution is 0.0699. The Balaban J connectivity index is 2.01. The number of aryl methyl sites for hydroxylation is 1. The number of carbonyl (C=O) groups is 1. The van der Waals surface area contributed by atoms with E-state index in [1.165, 1.54) is 0 Å². The summed E-state index contributed by atoms with van der Waals surface area (Å²) >= 11 is 6.45. The molecule has 1 N–H and O–H groups in total. The van der Waals surface area contributed by atoms with E-state index in [0.717, 1.165) is 17.8 Å². The number of halogens is 1. The van der Waals surface area contributed by atoms with Gasteiger partial charge in [-0.15, -0.1) is 0 Å². The fourth-order valence-electron chi connectivity index (χ4n) is 2.85. The molecule has 2 aromatic heterocycles. The molecule has 2 heterocycles. The lowest BCUT2D eigenvalue weighted by Crippen LogP contribution is -2.06. The van der Waals surface area contributed by atoms with Crippen LogP contribution in [0.4, 0.5) is 0 Å². The standard InChI is InChI=1S/C20H20ClN3O2/c1-12(2)11-24-19(21)15(13(3)23-24)9-8-14-10-17(20(25)26)16-6-4-5-7-18(16)22-14/h4-10,12H,11H2,1-3H3,(H,25,26). The number of hydrogen-bond acceptors (Lipinski definition) is 3. The molecule has 0 unspecified atom stereocenters. The molecular formula is C20H20ClN3O2. The van der Waals surface area contributed by atoms with Gasteiger partial charge in [0.2, 0.25) is 0 Å². The number of para-hydroxylation sites is 1. The topological polar surface area (TPSA) is 68.0 Å². The molecule has 0 fully saturated rings. The number of benzene rings is 1. The van der Waals surface area contributed by atoms with Gasteiger partial charge in [-0.1, -0.05) is 43.6 Å². The Hall–Kier alpha value is -2.66. The second kappa shape index (κ2) is 7.30. The maximum atomic E-state index is 11.6. The molecule has 0 aliphatic carbocycles. The molecule has 0 saturated heterocycles. The van der Waals surface area contributed by atoms with Crippen LogP contribution in [0.15, 0.2) is 30.3 Å². The Kier molecular flexibility index (Phi) is 5.09. The minimum Gasteiger partial charge on any atom is -0.478 e. The van der Waals surface area contributed by atoms with E-state index in [0.29, 0.717) is 27.7 Å². The van der Waals surface area contributed by atoms with Gasteiger partial charge in [0.1, 0.15) is 5.15 Å². The van der Waals surface area contributed by atoms with Gasteiger partial charge in [-0.25, -0.2) is 9.78 Å². The van der Waals surface area contributed by atoms with Crippen LogP contribution in [-0.4, -0.2) is 25.8 Å². The van der Waals surface area contributed by atoms with Crippen LogP contribution in [0.1, 0.15) is 41.2 Å². The predicted octanol–water partition coefficient (Wildman–Crippen LogP) is 4.92. The fraction of sp³-hybridized carbons (Fsp3) is 0.250. The molecule has 0 bridgehead atoms. The Labute approximate surface area is 156 Å². The van der Waals surface area contributed by atoms with Crippen molar-refractivity contribution in [1.82, 2.24) is 14.8 Å².